The molecule has 0 spiro atoms. The fourth-order valence-corrected chi connectivity index (χ4v) is 1.78. The molecule has 4 nitrogen and oxygen atoms in total. The van der Waals surface area contributed by atoms with Gasteiger partial charge in [-0.25, -0.2) is 0 Å². The Hall–Kier alpha value is -0.760. The van der Waals surface area contributed by atoms with Gasteiger partial charge >= 0.3 is 6.72 Å². The first-order valence-corrected chi connectivity index (χ1v) is 7.27. The minimum atomic E-state index is -3.66. The van der Waals surface area contributed by atoms with Gasteiger partial charge in [0.25, 0.3) is 0 Å². The summed E-state index contributed by atoms with van der Waals surface area (Å²) in [6, 6.07) is 11.5. The van der Waals surface area contributed by atoms with E-state index in [4.69, 9.17) is 15.0 Å². The Morgan fingerprint density at radius 1 is 1.38 bits per heavy atom. The molecule has 0 aliphatic carbocycles. The van der Waals surface area contributed by atoms with Crippen molar-refractivity contribution < 1.29 is 14.3 Å². The smallest absolute Gasteiger partial charge is 0.321 e. The van der Waals surface area contributed by atoms with Gasteiger partial charge < -0.3 is 14.3 Å². The molecular weight excluding hydrogens is 245 g/mol. The van der Waals surface area contributed by atoms with Crippen molar-refractivity contribution in [1.29, 1.82) is 5.26 Å². The van der Waals surface area contributed by atoms with E-state index in [-0.39, 0.29) is 6.61 Å². The van der Waals surface area contributed by atoms with E-state index in [1.807, 2.05) is 36.4 Å². The van der Waals surface area contributed by atoms with Crippen LogP contribution in [-0.4, -0.2) is 16.4 Å². The Balaban J connectivity index is 2.51. The van der Waals surface area contributed by atoms with E-state index in [1.54, 1.807) is 0 Å². The Morgan fingerprint density at radius 2 is 2.00 bits per heavy atom. The van der Waals surface area contributed by atoms with Crippen LogP contribution in [0.5, 0.6) is 0 Å². The first-order chi connectivity index (χ1) is 7.51. The predicted molar refractivity (Wildman–Crippen MR) is 63.9 cm³/mol. The lowest BCUT2D eigenvalue weighted by atomic mass is 10.0. The summed E-state index contributed by atoms with van der Waals surface area (Å²) in [5.74, 6) is -0.427. The molecule has 0 fully saturated rings. The van der Waals surface area contributed by atoms with Crippen LogP contribution in [0.2, 0.25) is 0 Å². The van der Waals surface area contributed by atoms with E-state index in [2.05, 4.69) is 16.3 Å². The Kier molecular flexibility index (Phi) is 5.07. The van der Waals surface area contributed by atoms with Gasteiger partial charge in [-0.1, -0.05) is 30.3 Å². The van der Waals surface area contributed by atoms with Crippen molar-refractivity contribution in [1.82, 2.24) is 0 Å². The van der Waals surface area contributed by atoms with E-state index >= 15 is 0 Å². The summed E-state index contributed by atoms with van der Waals surface area (Å²) in [6.45, 7) is -3.72. The van der Waals surface area contributed by atoms with Crippen LogP contribution < -0.4 is 0 Å². The maximum absolute atomic E-state index is 8.88. The Bertz CT molecular complexity index is 412. The summed E-state index contributed by atoms with van der Waals surface area (Å²) in [5, 5.41) is 8.87. The van der Waals surface area contributed by atoms with Gasteiger partial charge in [0.05, 0.1) is 18.6 Å². The number of benzene rings is 1. The minimum absolute atomic E-state index is 0.0598. The topological polar surface area (TPSA) is 73.5 Å². The fraction of sp³-hybridized carbons (Fsp3) is 0.300. The van der Waals surface area contributed by atoms with E-state index < -0.39 is 12.6 Å². The third kappa shape index (κ3) is 5.36. The molecule has 6 heteroatoms. The summed E-state index contributed by atoms with van der Waals surface area (Å²) in [7, 11) is 0. The summed E-state index contributed by atoms with van der Waals surface area (Å²) in [4.78, 5) is 17.8. The molecule has 1 unspecified atom stereocenters. The van der Waals surface area contributed by atoms with E-state index in [9.17, 15) is 0 Å². The summed E-state index contributed by atoms with van der Waals surface area (Å²) in [5.41, 5.74) is 1.00. The third-order valence-corrected chi connectivity index (χ3v) is 2.75. The molecule has 0 radical (unpaired) electrons. The zero-order valence-electron chi connectivity index (χ0n) is 8.48. The maximum Gasteiger partial charge on any atom is 0.321 e. The molecule has 0 saturated heterocycles. The molecule has 1 aromatic rings. The van der Waals surface area contributed by atoms with Gasteiger partial charge in [-0.05, 0) is 23.8 Å². The van der Waals surface area contributed by atoms with Crippen LogP contribution in [0.3, 0.4) is 0 Å². The monoisotopic (exact) mass is 257 g/mol. The lowest BCUT2D eigenvalue weighted by molar-refractivity contribution is 0.228. The fourth-order valence-electron chi connectivity index (χ4n) is 1.23. The number of hydrogen-bond acceptors (Lipinski definition) is 3. The lowest BCUT2D eigenvalue weighted by Crippen LogP contribution is -2.09. The Labute approximate surface area is 99.4 Å². The summed E-state index contributed by atoms with van der Waals surface area (Å²) in [6.07, 6.45) is 0.507. The molecule has 0 aromatic heterocycles. The number of rotatable bonds is 5. The van der Waals surface area contributed by atoms with E-state index in [1.165, 1.54) is 0 Å². The molecule has 1 rings (SSSR count). The average Bonchev–Trinajstić information content (AvgIpc) is 2.24. The highest BCUT2D eigenvalue weighted by atomic mass is 32.5. The number of hydrogen-bond donors (Lipinski definition) is 2. The van der Waals surface area contributed by atoms with Crippen LogP contribution in [0.4, 0.5) is 0 Å². The first kappa shape index (κ1) is 13.3. The Morgan fingerprint density at radius 3 is 2.50 bits per heavy atom. The second kappa shape index (κ2) is 6.09. The largest absolute Gasteiger partial charge is 0.325 e. The molecule has 0 heterocycles. The SMILES string of the molecule is N#CC(COP(O)(O)=S)Cc1ccccc1. The average molecular weight is 257 g/mol. The van der Waals surface area contributed by atoms with E-state index in [0.717, 1.165) is 5.56 Å². The van der Waals surface area contributed by atoms with Crippen molar-refractivity contribution in [3.8, 4) is 6.07 Å². The third-order valence-electron chi connectivity index (χ3n) is 1.95. The van der Waals surface area contributed by atoms with Crippen molar-refractivity contribution in [3.05, 3.63) is 35.9 Å². The second-order valence-electron chi connectivity index (χ2n) is 3.30. The molecule has 2 N–H and O–H groups in total. The standard InChI is InChI=1S/C10H12NO3PS/c11-7-10(8-14-15(12,13)16)6-9-4-2-1-3-5-9/h1-5,10H,6,8H2,(H2,12,13,16). The van der Waals surface area contributed by atoms with Gasteiger partial charge in [-0.2, -0.15) is 5.26 Å². The van der Waals surface area contributed by atoms with Crippen molar-refractivity contribution in [2.75, 3.05) is 6.61 Å². The summed E-state index contributed by atoms with van der Waals surface area (Å²) >= 11 is 4.31. The van der Waals surface area contributed by atoms with Crippen LogP contribution in [0.25, 0.3) is 0 Å². The maximum atomic E-state index is 8.88. The van der Waals surface area contributed by atoms with Gasteiger partial charge in [0.1, 0.15) is 0 Å². The van der Waals surface area contributed by atoms with Gasteiger partial charge in [-0.15, -0.1) is 0 Å². The number of nitrogens with zero attached hydrogens (tertiary/aromatic N) is 1. The molecule has 0 aliphatic rings. The highest BCUT2D eigenvalue weighted by Crippen LogP contribution is 2.36. The number of nitriles is 1. The van der Waals surface area contributed by atoms with Crippen molar-refractivity contribution in [2.45, 2.75) is 6.42 Å². The molecule has 16 heavy (non-hydrogen) atoms. The van der Waals surface area contributed by atoms with Crippen molar-refractivity contribution in [3.63, 3.8) is 0 Å². The molecule has 0 saturated carbocycles. The van der Waals surface area contributed by atoms with Gasteiger partial charge in [-0.3, -0.25) is 0 Å². The van der Waals surface area contributed by atoms with Crippen molar-refractivity contribution in [2.24, 2.45) is 5.92 Å². The van der Waals surface area contributed by atoms with Crippen LogP contribution in [0.15, 0.2) is 30.3 Å². The second-order valence-corrected chi connectivity index (χ2v) is 5.97. The quantitative estimate of drug-likeness (QED) is 0.784. The highest BCUT2D eigenvalue weighted by molar-refractivity contribution is 8.06. The molecule has 86 valence electrons. The first-order valence-electron chi connectivity index (χ1n) is 4.65. The van der Waals surface area contributed by atoms with Gasteiger partial charge in [0.15, 0.2) is 0 Å². The van der Waals surface area contributed by atoms with Crippen LogP contribution in [-0.2, 0) is 22.8 Å². The van der Waals surface area contributed by atoms with Crippen LogP contribution in [0, 0.1) is 17.2 Å². The van der Waals surface area contributed by atoms with Gasteiger partial charge in [0.2, 0.25) is 0 Å². The van der Waals surface area contributed by atoms with E-state index in [0.29, 0.717) is 6.42 Å². The minimum Gasteiger partial charge on any atom is -0.325 e. The lowest BCUT2D eigenvalue weighted by Gasteiger charge is -2.12. The highest BCUT2D eigenvalue weighted by Gasteiger charge is 2.14. The molecule has 0 amide bonds. The molecular formula is C10H12NO3PS. The molecule has 1 atom stereocenters. The van der Waals surface area contributed by atoms with Gasteiger partial charge in [0, 0.05) is 0 Å². The normalized spacial score (nSPS) is 13.1. The van der Waals surface area contributed by atoms with Crippen LogP contribution in [0.1, 0.15) is 5.56 Å². The van der Waals surface area contributed by atoms with Crippen molar-refractivity contribution >= 4 is 18.5 Å². The van der Waals surface area contributed by atoms with Crippen LogP contribution >= 0.6 is 6.72 Å². The summed E-state index contributed by atoms with van der Waals surface area (Å²) < 4.78 is 4.67. The molecule has 1 aromatic carbocycles. The predicted octanol–water partition coefficient (Wildman–Crippen LogP) is 1.59. The zero-order valence-corrected chi connectivity index (χ0v) is 10.2. The molecule has 0 bridgehead atoms. The zero-order chi connectivity index (χ0) is 12.0. The molecule has 0 aliphatic heterocycles.